The summed E-state index contributed by atoms with van der Waals surface area (Å²) in [6, 6.07) is 10.1. The molecule has 2 aromatic rings. The monoisotopic (exact) mass is 325 g/mol. The van der Waals surface area contributed by atoms with Gasteiger partial charge in [-0.1, -0.05) is 30.3 Å². The summed E-state index contributed by atoms with van der Waals surface area (Å²) in [5.74, 6) is 0.569. The van der Waals surface area contributed by atoms with Crippen molar-refractivity contribution in [1.82, 2.24) is 20.2 Å². The molecule has 0 unspecified atom stereocenters. The molecule has 24 heavy (non-hydrogen) atoms. The molecule has 1 aromatic heterocycles. The number of hydrogen-bond donors (Lipinski definition) is 1. The molecule has 1 saturated heterocycles. The normalized spacial score (nSPS) is 15.3. The van der Waals surface area contributed by atoms with Crippen LogP contribution >= 0.6 is 0 Å². The zero-order valence-electron chi connectivity index (χ0n) is 14.0. The van der Waals surface area contributed by atoms with Crippen LogP contribution in [0.5, 0.6) is 0 Å². The number of anilines is 1. The van der Waals surface area contributed by atoms with Crippen LogP contribution in [-0.2, 0) is 6.42 Å². The molecular weight excluding hydrogens is 302 g/mol. The molecule has 3 rings (SSSR count). The lowest BCUT2D eigenvalue weighted by Gasteiger charge is -2.32. The van der Waals surface area contributed by atoms with Crippen molar-refractivity contribution in [2.75, 3.05) is 44.7 Å². The van der Waals surface area contributed by atoms with Gasteiger partial charge < -0.3 is 15.1 Å². The van der Waals surface area contributed by atoms with E-state index >= 15 is 0 Å². The zero-order chi connectivity index (χ0) is 16.8. The fraction of sp³-hybridized carbons (Fsp3) is 0.389. The number of hydrogen-bond acceptors (Lipinski definition) is 5. The Hall–Kier alpha value is -2.47. The van der Waals surface area contributed by atoms with Crippen LogP contribution in [0.15, 0.2) is 42.7 Å². The summed E-state index contributed by atoms with van der Waals surface area (Å²) in [5.41, 5.74) is 1.71. The zero-order valence-corrected chi connectivity index (χ0v) is 14.0. The van der Waals surface area contributed by atoms with Gasteiger partial charge in [-0.15, -0.1) is 0 Å². The first-order valence-corrected chi connectivity index (χ1v) is 8.30. The van der Waals surface area contributed by atoms with Gasteiger partial charge in [-0.2, -0.15) is 0 Å². The first kappa shape index (κ1) is 16.4. The third kappa shape index (κ3) is 4.29. The second-order valence-electron chi connectivity index (χ2n) is 6.05. The third-order valence-corrected chi connectivity index (χ3v) is 4.23. The van der Waals surface area contributed by atoms with Crippen molar-refractivity contribution in [3.63, 3.8) is 0 Å². The molecule has 6 heteroatoms. The molecule has 1 N–H and O–H groups in total. The van der Waals surface area contributed by atoms with Crippen molar-refractivity contribution in [1.29, 1.82) is 0 Å². The Bertz CT molecular complexity index is 651. The van der Waals surface area contributed by atoms with Gasteiger partial charge in [0.1, 0.15) is 0 Å². The number of benzene rings is 1. The van der Waals surface area contributed by atoms with Gasteiger partial charge in [0, 0.05) is 45.1 Å². The van der Waals surface area contributed by atoms with E-state index in [-0.39, 0.29) is 5.91 Å². The SMILES string of the molecule is CN1CCN(c2ncc(C(=O)NCCc3ccccc3)cn2)CC1. The van der Waals surface area contributed by atoms with Gasteiger partial charge in [-0.25, -0.2) is 9.97 Å². The van der Waals surface area contributed by atoms with Crippen molar-refractivity contribution in [3.8, 4) is 0 Å². The Morgan fingerprint density at radius 1 is 1.08 bits per heavy atom. The van der Waals surface area contributed by atoms with Crippen molar-refractivity contribution in [2.24, 2.45) is 0 Å². The average Bonchev–Trinajstić information content (AvgIpc) is 2.63. The van der Waals surface area contributed by atoms with Gasteiger partial charge in [0.15, 0.2) is 0 Å². The number of rotatable bonds is 5. The third-order valence-electron chi connectivity index (χ3n) is 4.23. The number of nitrogens with one attached hydrogen (secondary N) is 1. The Kier molecular flexibility index (Phi) is 5.38. The molecule has 6 nitrogen and oxygen atoms in total. The van der Waals surface area contributed by atoms with Crippen LogP contribution in [0.4, 0.5) is 5.95 Å². The highest BCUT2D eigenvalue weighted by Gasteiger charge is 2.16. The Morgan fingerprint density at radius 2 is 1.75 bits per heavy atom. The number of aromatic nitrogens is 2. The molecule has 126 valence electrons. The minimum Gasteiger partial charge on any atom is -0.352 e. The summed E-state index contributed by atoms with van der Waals surface area (Å²) in [5, 5.41) is 2.91. The van der Waals surface area contributed by atoms with Gasteiger partial charge in [0.2, 0.25) is 5.95 Å². The fourth-order valence-electron chi connectivity index (χ4n) is 2.68. The largest absolute Gasteiger partial charge is 0.352 e. The highest BCUT2D eigenvalue weighted by Crippen LogP contribution is 2.10. The van der Waals surface area contributed by atoms with E-state index in [1.807, 2.05) is 18.2 Å². The van der Waals surface area contributed by atoms with Crippen molar-refractivity contribution in [3.05, 3.63) is 53.9 Å². The Balaban J connectivity index is 1.50. The predicted molar refractivity (Wildman–Crippen MR) is 94.2 cm³/mol. The van der Waals surface area contributed by atoms with E-state index in [9.17, 15) is 4.79 Å². The molecule has 1 aliphatic heterocycles. The first-order chi connectivity index (χ1) is 11.7. The Morgan fingerprint density at radius 3 is 2.42 bits per heavy atom. The van der Waals surface area contributed by atoms with Crippen LogP contribution in [0.2, 0.25) is 0 Å². The van der Waals surface area contributed by atoms with Crippen molar-refractivity contribution in [2.45, 2.75) is 6.42 Å². The second kappa shape index (κ2) is 7.88. The number of amides is 1. The molecule has 1 aliphatic rings. The van der Waals surface area contributed by atoms with E-state index in [4.69, 9.17) is 0 Å². The highest BCUT2D eigenvalue weighted by molar-refractivity contribution is 5.93. The smallest absolute Gasteiger partial charge is 0.254 e. The molecule has 0 atom stereocenters. The lowest BCUT2D eigenvalue weighted by atomic mass is 10.1. The van der Waals surface area contributed by atoms with E-state index in [1.54, 1.807) is 12.4 Å². The first-order valence-electron chi connectivity index (χ1n) is 8.30. The van der Waals surface area contributed by atoms with Crippen molar-refractivity contribution >= 4 is 11.9 Å². The fourth-order valence-corrected chi connectivity index (χ4v) is 2.68. The molecule has 1 amide bonds. The number of carbonyl (C=O) groups excluding carboxylic acids is 1. The van der Waals surface area contributed by atoms with Gasteiger partial charge in [0.25, 0.3) is 5.91 Å². The Labute approximate surface area is 142 Å². The number of carbonyl (C=O) groups is 1. The molecular formula is C18H23N5O. The highest BCUT2D eigenvalue weighted by atomic mass is 16.1. The van der Waals surface area contributed by atoms with Crippen LogP contribution in [0.3, 0.4) is 0 Å². The number of piperazine rings is 1. The minimum absolute atomic E-state index is 0.129. The average molecular weight is 325 g/mol. The van der Waals surface area contributed by atoms with Gasteiger partial charge in [0.05, 0.1) is 5.56 Å². The van der Waals surface area contributed by atoms with Crippen LogP contribution in [-0.4, -0.2) is 60.5 Å². The molecule has 1 aromatic carbocycles. The second-order valence-corrected chi connectivity index (χ2v) is 6.05. The lowest BCUT2D eigenvalue weighted by molar-refractivity contribution is 0.0953. The number of nitrogens with zero attached hydrogens (tertiary/aromatic N) is 4. The molecule has 0 radical (unpaired) electrons. The molecule has 1 fully saturated rings. The molecule has 0 bridgehead atoms. The topological polar surface area (TPSA) is 61.4 Å². The van der Waals surface area contributed by atoms with Crippen LogP contribution in [0.1, 0.15) is 15.9 Å². The van der Waals surface area contributed by atoms with E-state index in [1.165, 1.54) is 5.56 Å². The van der Waals surface area contributed by atoms with Crippen LogP contribution < -0.4 is 10.2 Å². The van der Waals surface area contributed by atoms with Gasteiger partial charge >= 0.3 is 0 Å². The maximum absolute atomic E-state index is 12.2. The summed E-state index contributed by atoms with van der Waals surface area (Å²) in [4.78, 5) is 25.3. The van der Waals surface area contributed by atoms with Gasteiger partial charge in [-0.05, 0) is 19.0 Å². The van der Waals surface area contributed by atoms with Crippen molar-refractivity contribution < 1.29 is 4.79 Å². The van der Waals surface area contributed by atoms with E-state index in [0.29, 0.717) is 18.1 Å². The molecule has 2 heterocycles. The summed E-state index contributed by atoms with van der Waals surface area (Å²) < 4.78 is 0. The summed E-state index contributed by atoms with van der Waals surface area (Å²) in [6.45, 7) is 4.44. The molecule has 0 spiro atoms. The molecule has 0 saturated carbocycles. The van der Waals surface area contributed by atoms with Crippen LogP contribution in [0, 0.1) is 0 Å². The minimum atomic E-state index is -0.129. The van der Waals surface area contributed by atoms with Crippen LogP contribution in [0.25, 0.3) is 0 Å². The quantitative estimate of drug-likeness (QED) is 0.895. The summed E-state index contributed by atoms with van der Waals surface area (Å²) in [7, 11) is 2.11. The number of likely N-dealkylation sites (N-methyl/N-ethyl adjacent to an activating group) is 1. The summed E-state index contributed by atoms with van der Waals surface area (Å²) >= 11 is 0. The summed E-state index contributed by atoms with van der Waals surface area (Å²) in [6.07, 6.45) is 4.03. The predicted octanol–water partition coefficient (Wildman–Crippen LogP) is 1.20. The van der Waals surface area contributed by atoms with Gasteiger partial charge in [-0.3, -0.25) is 4.79 Å². The standard InChI is InChI=1S/C18H23N5O/c1-22-9-11-23(12-10-22)18-20-13-16(14-21-18)17(24)19-8-7-15-5-3-2-4-6-15/h2-6,13-14H,7-12H2,1H3,(H,19,24). The lowest BCUT2D eigenvalue weighted by Crippen LogP contribution is -2.45. The maximum atomic E-state index is 12.2. The van der Waals surface area contributed by atoms with E-state index in [2.05, 4.69) is 44.3 Å². The van der Waals surface area contributed by atoms with E-state index in [0.717, 1.165) is 32.6 Å². The molecule has 0 aliphatic carbocycles. The maximum Gasteiger partial charge on any atom is 0.254 e. The van der Waals surface area contributed by atoms with E-state index < -0.39 is 0 Å².